The van der Waals surface area contributed by atoms with Crippen molar-refractivity contribution in [2.45, 2.75) is 19.4 Å². The van der Waals surface area contributed by atoms with E-state index in [0.717, 1.165) is 12.4 Å². The van der Waals surface area contributed by atoms with Gasteiger partial charge < -0.3 is 10.6 Å². The van der Waals surface area contributed by atoms with Gasteiger partial charge in [0.25, 0.3) is 0 Å². The topological polar surface area (TPSA) is 41.1 Å². The molecule has 1 aliphatic rings. The highest BCUT2D eigenvalue weighted by Gasteiger charge is 2.25. The number of hydrogen-bond donors (Lipinski definition) is 2. The first-order chi connectivity index (χ1) is 7.96. The molecule has 4 heteroatoms. The maximum absolute atomic E-state index is 11.9. The monoisotopic (exact) mass is 250 g/mol. The number of allylic oxidation sites excluding steroid dienone is 1. The molecule has 1 saturated heterocycles. The van der Waals surface area contributed by atoms with Crippen LogP contribution in [0.5, 0.6) is 0 Å². The summed E-state index contributed by atoms with van der Waals surface area (Å²) in [5, 5.41) is 7.04. The molecule has 1 aliphatic heterocycles. The molecule has 0 unspecified atom stereocenters. The van der Waals surface area contributed by atoms with Gasteiger partial charge in [-0.1, -0.05) is 11.6 Å². The third kappa shape index (κ3) is 3.01. The van der Waals surface area contributed by atoms with E-state index < -0.39 is 0 Å². The van der Waals surface area contributed by atoms with Gasteiger partial charge in [0.2, 0.25) is 0 Å². The average Bonchev–Trinajstić information content (AvgIpc) is 2.59. The van der Waals surface area contributed by atoms with Crippen LogP contribution in [0.1, 0.15) is 24.2 Å². The van der Waals surface area contributed by atoms with Gasteiger partial charge in [0.05, 0.1) is 5.54 Å². The summed E-state index contributed by atoms with van der Waals surface area (Å²) in [6.45, 7) is 4.97. The second-order valence-electron chi connectivity index (χ2n) is 4.79. The molecule has 0 atom stereocenters. The summed E-state index contributed by atoms with van der Waals surface area (Å²) in [5.74, 6) is 0.740. The Labute approximate surface area is 106 Å². The first-order valence-corrected chi connectivity index (χ1v) is 5.88. The van der Waals surface area contributed by atoms with Crippen molar-refractivity contribution >= 4 is 17.4 Å². The maximum atomic E-state index is 11.9. The van der Waals surface area contributed by atoms with Gasteiger partial charge >= 0.3 is 0 Å². The molecule has 0 bridgehead atoms. The minimum absolute atomic E-state index is 0.00783. The standard InChI is InChI=1S/C13H15ClN2O/c1-13(2)8-15-12(16-13)7-11(17)9-3-5-10(14)6-4-9/h3-7,15-16H,8H2,1-2H3/b12-7+. The molecule has 90 valence electrons. The van der Waals surface area contributed by atoms with Crippen LogP contribution in [0, 0.1) is 0 Å². The third-order valence-corrected chi connectivity index (χ3v) is 2.85. The molecule has 0 aromatic heterocycles. The number of rotatable bonds is 2. The Morgan fingerprint density at radius 2 is 2.00 bits per heavy atom. The van der Waals surface area contributed by atoms with Crippen LogP contribution in [0.25, 0.3) is 0 Å². The molecule has 2 N–H and O–H groups in total. The number of hydrogen-bond acceptors (Lipinski definition) is 3. The van der Waals surface area contributed by atoms with Gasteiger partial charge in [0, 0.05) is 23.2 Å². The minimum Gasteiger partial charge on any atom is -0.369 e. The third-order valence-electron chi connectivity index (χ3n) is 2.60. The van der Waals surface area contributed by atoms with Crippen LogP contribution >= 0.6 is 11.6 Å². The summed E-state index contributed by atoms with van der Waals surface area (Å²) in [7, 11) is 0. The van der Waals surface area contributed by atoms with Gasteiger partial charge in [-0.15, -0.1) is 0 Å². The molecule has 1 aromatic carbocycles. The minimum atomic E-state index is -0.0330. The summed E-state index contributed by atoms with van der Waals surface area (Å²) in [6, 6.07) is 6.88. The quantitative estimate of drug-likeness (QED) is 0.625. The summed E-state index contributed by atoms with van der Waals surface area (Å²) >= 11 is 5.77. The largest absolute Gasteiger partial charge is 0.369 e. The summed E-state index contributed by atoms with van der Waals surface area (Å²) in [4.78, 5) is 11.9. The zero-order valence-electron chi connectivity index (χ0n) is 9.88. The zero-order chi connectivity index (χ0) is 12.5. The van der Waals surface area contributed by atoms with Crippen molar-refractivity contribution in [2.75, 3.05) is 6.54 Å². The number of carbonyl (C=O) groups excluding carboxylic acids is 1. The van der Waals surface area contributed by atoms with Gasteiger partial charge in [-0.2, -0.15) is 0 Å². The normalized spacial score (nSPS) is 19.8. The van der Waals surface area contributed by atoms with E-state index in [1.165, 1.54) is 0 Å². The zero-order valence-corrected chi connectivity index (χ0v) is 10.6. The predicted octanol–water partition coefficient (Wildman–Crippen LogP) is 2.34. The fourth-order valence-electron chi connectivity index (χ4n) is 1.68. The van der Waals surface area contributed by atoms with Gasteiger partial charge in [-0.25, -0.2) is 0 Å². The van der Waals surface area contributed by atoms with Gasteiger partial charge in [0.1, 0.15) is 5.82 Å². The smallest absolute Gasteiger partial charge is 0.189 e. The van der Waals surface area contributed by atoms with E-state index >= 15 is 0 Å². The maximum Gasteiger partial charge on any atom is 0.189 e. The molecule has 1 fully saturated rings. The van der Waals surface area contributed by atoms with Crippen LogP contribution in [0.3, 0.4) is 0 Å². The van der Waals surface area contributed by atoms with E-state index in [-0.39, 0.29) is 11.3 Å². The van der Waals surface area contributed by atoms with Crippen LogP contribution < -0.4 is 10.6 Å². The Bertz CT molecular complexity index is 463. The Morgan fingerprint density at radius 3 is 2.53 bits per heavy atom. The van der Waals surface area contributed by atoms with Gasteiger partial charge in [-0.05, 0) is 38.1 Å². The van der Waals surface area contributed by atoms with Crippen molar-refractivity contribution in [3.05, 3.63) is 46.7 Å². The van der Waals surface area contributed by atoms with Gasteiger partial charge in [-0.3, -0.25) is 4.79 Å². The fourth-order valence-corrected chi connectivity index (χ4v) is 1.81. The van der Waals surface area contributed by atoms with Crippen LogP contribution in [0.2, 0.25) is 5.02 Å². The van der Waals surface area contributed by atoms with Crippen molar-refractivity contribution in [1.82, 2.24) is 10.6 Å². The van der Waals surface area contributed by atoms with E-state index in [9.17, 15) is 4.79 Å². The lowest BCUT2D eigenvalue weighted by molar-refractivity contribution is 0.104. The van der Waals surface area contributed by atoms with Crippen molar-refractivity contribution in [3.63, 3.8) is 0 Å². The predicted molar refractivity (Wildman–Crippen MR) is 69.1 cm³/mol. The lowest BCUT2D eigenvalue weighted by Crippen LogP contribution is -2.34. The first-order valence-electron chi connectivity index (χ1n) is 5.50. The Balaban J connectivity index is 2.12. The lowest BCUT2D eigenvalue weighted by Gasteiger charge is -2.15. The molecule has 0 saturated carbocycles. The van der Waals surface area contributed by atoms with Crippen LogP contribution in [0.4, 0.5) is 0 Å². The Hall–Kier alpha value is -1.48. The summed E-state index contributed by atoms with van der Waals surface area (Å²) < 4.78 is 0. The van der Waals surface area contributed by atoms with Crippen LogP contribution in [-0.2, 0) is 0 Å². The summed E-state index contributed by atoms with van der Waals surface area (Å²) in [6.07, 6.45) is 1.58. The van der Waals surface area contributed by atoms with Crippen molar-refractivity contribution < 1.29 is 4.79 Å². The van der Waals surface area contributed by atoms with E-state index in [1.807, 2.05) is 0 Å². The highest BCUT2D eigenvalue weighted by Crippen LogP contribution is 2.13. The molecule has 0 spiro atoms. The number of carbonyl (C=O) groups is 1. The SMILES string of the molecule is CC1(C)CN/C(=C\C(=O)c2ccc(Cl)cc2)N1. The summed E-state index contributed by atoms with van der Waals surface area (Å²) in [5.41, 5.74) is 0.627. The van der Waals surface area contributed by atoms with Crippen molar-refractivity contribution in [3.8, 4) is 0 Å². The Kier molecular flexibility index (Phi) is 3.11. The van der Waals surface area contributed by atoms with Crippen molar-refractivity contribution in [2.24, 2.45) is 0 Å². The molecule has 17 heavy (non-hydrogen) atoms. The number of ketones is 1. The molecular weight excluding hydrogens is 236 g/mol. The Morgan fingerprint density at radius 1 is 1.35 bits per heavy atom. The molecule has 1 aromatic rings. The van der Waals surface area contributed by atoms with E-state index in [0.29, 0.717) is 10.6 Å². The molecule has 1 heterocycles. The van der Waals surface area contributed by atoms with Crippen LogP contribution in [0.15, 0.2) is 36.2 Å². The molecule has 0 radical (unpaired) electrons. The number of nitrogens with one attached hydrogen (secondary N) is 2. The average molecular weight is 251 g/mol. The van der Waals surface area contributed by atoms with E-state index in [1.54, 1.807) is 30.3 Å². The first kappa shape index (κ1) is 12.0. The van der Waals surface area contributed by atoms with Crippen molar-refractivity contribution in [1.29, 1.82) is 0 Å². The fraction of sp³-hybridized carbons (Fsp3) is 0.308. The molecular formula is C13H15ClN2O. The lowest BCUT2D eigenvalue weighted by atomic mass is 10.1. The highest BCUT2D eigenvalue weighted by atomic mass is 35.5. The number of benzene rings is 1. The second-order valence-corrected chi connectivity index (χ2v) is 5.23. The van der Waals surface area contributed by atoms with Crippen LogP contribution in [-0.4, -0.2) is 17.9 Å². The second kappa shape index (κ2) is 4.41. The highest BCUT2D eigenvalue weighted by molar-refractivity contribution is 6.30. The number of halogens is 1. The van der Waals surface area contributed by atoms with E-state index in [2.05, 4.69) is 24.5 Å². The van der Waals surface area contributed by atoms with E-state index in [4.69, 9.17) is 11.6 Å². The van der Waals surface area contributed by atoms with Gasteiger partial charge in [0.15, 0.2) is 5.78 Å². The molecule has 3 nitrogen and oxygen atoms in total. The molecule has 0 aliphatic carbocycles. The molecule has 0 amide bonds. The molecule has 2 rings (SSSR count).